The minimum Gasteiger partial charge on any atom is -0.480 e. The third-order valence-electron chi connectivity index (χ3n) is 3.39. The molecule has 6 nitrogen and oxygen atoms in total. The maximum Gasteiger partial charge on any atom is 0.317 e. The lowest BCUT2D eigenvalue weighted by Gasteiger charge is -2.23. The molecule has 1 fully saturated rings. The van der Waals surface area contributed by atoms with Gasteiger partial charge in [-0.3, -0.25) is 9.69 Å². The highest BCUT2D eigenvalue weighted by Gasteiger charge is 2.20. The average molecular weight is 285 g/mol. The van der Waals surface area contributed by atoms with Crippen molar-refractivity contribution in [1.29, 1.82) is 0 Å². The van der Waals surface area contributed by atoms with Gasteiger partial charge >= 0.3 is 12.0 Å². The molecule has 0 atom stereocenters. The Morgan fingerprint density at radius 1 is 1.15 bits per heavy atom. The molecule has 0 radical (unpaired) electrons. The van der Waals surface area contributed by atoms with E-state index in [1.54, 1.807) is 4.90 Å². The molecule has 1 rings (SSSR count). The molecule has 1 saturated heterocycles. The van der Waals surface area contributed by atoms with Crippen LogP contribution in [0.25, 0.3) is 0 Å². The molecule has 0 aromatic heterocycles. The first-order valence-electron chi connectivity index (χ1n) is 7.25. The second kappa shape index (κ2) is 7.47. The van der Waals surface area contributed by atoms with Gasteiger partial charge in [-0.05, 0) is 18.3 Å². The molecule has 0 unspecified atom stereocenters. The first-order valence-corrected chi connectivity index (χ1v) is 7.25. The molecule has 0 saturated carbocycles. The lowest BCUT2D eigenvalue weighted by molar-refractivity contribution is -0.138. The first-order chi connectivity index (χ1) is 9.28. The predicted molar refractivity (Wildman–Crippen MR) is 77.7 cm³/mol. The summed E-state index contributed by atoms with van der Waals surface area (Å²) in [6, 6.07) is -0.0357. The highest BCUT2D eigenvalue weighted by molar-refractivity contribution is 5.74. The maximum absolute atomic E-state index is 12.0. The van der Waals surface area contributed by atoms with Crippen LogP contribution in [0.5, 0.6) is 0 Å². The van der Waals surface area contributed by atoms with Crippen molar-refractivity contribution in [3.63, 3.8) is 0 Å². The minimum absolute atomic E-state index is 0.0357. The summed E-state index contributed by atoms with van der Waals surface area (Å²) in [6.07, 6.45) is 1.76. The van der Waals surface area contributed by atoms with E-state index >= 15 is 0 Å². The van der Waals surface area contributed by atoms with E-state index in [0.717, 1.165) is 19.4 Å². The summed E-state index contributed by atoms with van der Waals surface area (Å²) >= 11 is 0. The molecule has 0 spiro atoms. The van der Waals surface area contributed by atoms with Crippen LogP contribution in [0.4, 0.5) is 4.79 Å². The lowest BCUT2D eigenvalue weighted by Crippen LogP contribution is -2.43. The molecular weight excluding hydrogens is 258 g/mol. The molecule has 2 N–H and O–H groups in total. The van der Waals surface area contributed by atoms with Crippen molar-refractivity contribution >= 4 is 12.0 Å². The van der Waals surface area contributed by atoms with Crippen molar-refractivity contribution in [2.24, 2.45) is 5.41 Å². The van der Waals surface area contributed by atoms with Gasteiger partial charge in [-0.15, -0.1) is 0 Å². The van der Waals surface area contributed by atoms with Gasteiger partial charge in [-0.2, -0.15) is 0 Å². The summed E-state index contributed by atoms with van der Waals surface area (Å²) in [5, 5.41) is 11.7. The SMILES string of the molecule is CC(C)(C)CCNC(=O)N1CCCN(CC(=O)O)CC1. The molecule has 20 heavy (non-hydrogen) atoms. The molecule has 2 amide bonds. The fourth-order valence-electron chi connectivity index (χ4n) is 2.18. The lowest BCUT2D eigenvalue weighted by atomic mass is 9.92. The minimum atomic E-state index is -0.812. The fraction of sp³-hybridized carbons (Fsp3) is 0.857. The number of hydrogen-bond donors (Lipinski definition) is 2. The molecule has 0 aliphatic carbocycles. The molecule has 1 aliphatic heterocycles. The number of nitrogens with one attached hydrogen (secondary N) is 1. The number of hydrogen-bond acceptors (Lipinski definition) is 3. The third kappa shape index (κ3) is 6.75. The number of urea groups is 1. The number of carboxylic acid groups (broad SMARTS) is 1. The van der Waals surface area contributed by atoms with Crippen molar-refractivity contribution in [3.05, 3.63) is 0 Å². The van der Waals surface area contributed by atoms with E-state index in [2.05, 4.69) is 26.1 Å². The van der Waals surface area contributed by atoms with Crippen LogP contribution in [0.3, 0.4) is 0 Å². The Morgan fingerprint density at radius 2 is 1.85 bits per heavy atom. The van der Waals surface area contributed by atoms with E-state index in [1.165, 1.54) is 0 Å². The molecule has 116 valence electrons. The number of carbonyl (C=O) groups excluding carboxylic acids is 1. The highest BCUT2D eigenvalue weighted by Crippen LogP contribution is 2.17. The summed E-state index contributed by atoms with van der Waals surface area (Å²) in [5.41, 5.74) is 0.213. The molecule has 0 bridgehead atoms. The van der Waals surface area contributed by atoms with Crippen molar-refractivity contribution in [2.45, 2.75) is 33.6 Å². The topological polar surface area (TPSA) is 72.9 Å². The van der Waals surface area contributed by atoms with E-state index < -0.39 is 5.97 Å². The summed E-state index contributed by atoms with van der Waals surface area (Å²) in [6.45, 7) is 9.82. The number of carboxylic acids is 1. The van der Waals surface area contributed by atoms with Crippen LogP contribution in [-0.4, -0.2) is 66.2 Å². The first kappa shape index (κ1) is 16.8. The van der Waals surface area contributed by atoms with Crippen LogP contribution in [0.15, 0.2) is 0 Å². The van der Waals surface area contributed by atoms with Crippen LogP contribution in [-0.2, 0) is 4.79 Å². The van der Waals surface area contributed by atoms with Crippen LogP contribution < -0.4 is 5.32 Å². The second-order valence-electron chi connectivity index (χ2n) is 6.55. The predicted octanol–water partition coefficient (Wildman–Crippen LogP) is 1.22. The Bertz CT molecular complexity index is 339. The molecule has 0 aromatic carbocycles. The second-order valence-corrected chi connectivity index (χ2v) is 6.55. The number of amides is 2. The Morgan fingerprint density at radius 3 is 2.45 bits per heavy atom. The van der Waals surface area contributed by atoms with Crippen LogP contribution in [0.2, 0.25) is 0 Å². The normalized spacial score (nSPS) is 17.6. The zero-order chi connectivity index (χ0) is 15.2. The van der Waals surface area contributed by atoms with Gasteiger partial charge < -0.3 is 15.3 Å². The maximum atomic E-state index is 12.0. The summed E-state index contributed by atoms with van der Waals surface area (Å²) in [5.74, 6) is -0.812. The van der Waals surface area contributed by atoms with Gasteiger partial charge in [0.1, 0.15) is 0 Å². The van der Waals surface area contributed by atoms with E-state index in [1.807, 2.05) is 4.90 Å². The molecule has 6 heteroatoms. The van der Waals surface area contributed by atoms with Gasteiger partial charge in [-0.1, -0.05) is 20.8 Å². The molecule has 1 aliphatic rings. The summed E-state index contributed by atoms with van der Waals surface area (Å²) in [7, 11) is 0. The Kier molecular flexibility index (Phi) is 6.26. The number of nitrogens with zero attached hydrogens (tertiary/aromatic N) is 2. The molecular formula is C14H27N3O3. The van der Waals surface area contributed by atoms with E-state index in [4.69, 9.17) is 5.11 Å². The molecule has 1 heterocycles. The fourth-order valence-corrected chi connectivity index (χ4v) is 2.18. The van der Waals surface area contributed by atoms with Crippen molar-refractivity contribution < 1.29 is 14.7 Å². The van der Waals surface area contributed by atoms with Crippen molar-refractivity contribution in [3.8, 4) is 0 Å². The van der Waals surface area contributed by atoms with E-state index in [0.29, 0.717) is 26.2 Å². The van der Waals surface area contributed by atoms with Crippen LogP contribution in [0.1, 0.15) is 33.6 Å². The van der Waals surface area contributed by atoms with E-state index in [9.17, 15) is 9.59 Å². The third-order valence-corrected chi connectivity index (χ3v) is 3.39. The molecule has 0 aromatic rings. The zero-order valence-electron chi connectivity index (χ0n) is 12.8. The number of aliphatic carboxylic acids is 1. The van der Waals surface area contributed by atoms with Crippen LogP contribution >= 0.6 is 0 Å². The van der Waals surface area contributed by atoms with Gasteiger partial charge in [0, 0.05) is 32.7 Å². The number of rotatable bonds is 4. The van der Waals surface area contributed by atoms with E-state index in [-0.39, 0.29) is 18.0 Å². The zero-order valence-corrected chi connectivity index (χ0v) is 12.8. The smallest absolute Gasteiger partial charge is 0.317 e. The van der Waals surface area contributed by atoms with Gasteiger partial charge in [0.2, 0.25) is 0 Å². The monoisotopic (exact) mass is 285 g/mol. The Balaban J connectivity index is 2.33. The summed E-state index contributed by atoms with van der Waals surface area (Å²) < 4.78 is 0. The summed E-state index contributed by atoms with van der Waals surface area (Å²) in [4.78, 5) is 26.4. The van der Waals surface area contributed by atoms with Gasteiger partial charge in [0.15, 0.2) is 0 Å². The highest BCUT2D eigenvalue weighted by atomic mass is 16.4. The van der Waals surface area contributed by atoms with Gasteiger partial charge in [-0.25, -0.2) is 4.79 Å². The van der Waals surface area contributed by atoms with Crippen molar-refractivity contribution in [1.82, 2.24) is 15.1 Å². The van der Waals surface area contributed by atoms with Gasteiger partial charge in [0.25, 0.3) is 0 Å². The van der Waals surface area contributed by atoms with Crippen molar-refractivity contribution in [2.75, 3.05) is 39.3 Å². The van der Waals surface area contributed by atoms with Gasteiger partial charge in [0.05, 0.1) is 6.54 Å². The standard InChI is InChI=1S/C14H27N3O3/c1-14(2,3)5-6-15-13(20)17-8-4-7-16(9-10-17)11-12(18)19/h4-11H2,1-3H3,(H,15,20)(H,18,19). The average Bonchev–Trinajstić information content (AvgIpc) is 2.52. The van der Waals surface area contributed by atoms with Crippen LogP contribution in [0, 0.1) is 5.41 Å². The largest absolute Gasteiger partial charge is 0.480 e. The Labute approximate surface area is 121 Å². The number of carbonyl (C=O) groups is 2. The Hall–Kier alpha value is -1.30. The quantitative estimate of drug-likeness (QED) is 0.814.